The summed E-state index contributed by atoms with van der Waals surface area (Å²) in [6.45, 7) is 10.5. The normalized spacial score (nSPS) is 28.8. The zero-order valence-electron chi connectivity index (χ0n) is 12.6. The van der Waals surface area contributed by atoms with E-state index in [0.717, 1.165) is 32.4 Å². The second-order valence-electron chi connectivity index (χ2n) is 6.18. The van der Waals surface area contributed by atoms with Crippen molar-refractivity contribution in [2.45, 2.75) is 70.9 Å². The number of nitrogens with one attached hydrogen (secondary N) is 1. The van der Waals surface area contributed by atoms with Gasteiger partial charge >= 0.3 is 0 Å². The van der Waals surface area contributed by atoms with Crippen LogP contribution < -0.4 is 5.32 Å². The maximum atomic E-state index is 9.72. The Morgan fingerprint density at radius 1 is 1.39 bits per heavy atom. The highest BCUT2D eigenvalue weighted by atomic mass is 16.5. The van der Waals surface area contributed by atoms with E-state index in [1.54, 1.807) is 0 Å². The van der Waals surface area contributed by atoms with Gasteiger partial charge in [-0.2, -0.15) is 0 Å². The maximum absolute atomic E-state index is 9.72. The van der Waals surface area contributed by atoms with E-state index >= 15 is 0 Å². The highest BCUT2D eigenvalue weighted by Crippen LogP contribution is 2.37. The molecule has 0 aromatic carbocycles. The number of hydrogen-bond donors (Lipinski definition) is 2. The molecule has 2 N–H and O–H groups in total. The molecule has 1 aliphatic rings. The third-order valence-corrected chi connectivity index (χ3v) is 4.58. The van der Waals surface area contributed by atoms with Crippen molar-refractivity contribution in [3.05, 3.63) is 0 Å². The molecule has 108 valence electrons. The van der Waals surface area contributed by atoms with Crippen molar-refractivity contribution in [1.82, 2.24) is 5.32 Å². The van der Waals surface area contributed by atoms with Crippen molar-refractivity contribution in [1.29, 1.82) is 0 Å². The first-order chi connectivity index (χ1) is 8.49. The molecule has 1 rings (SSSR count). The molecule has 0 radical (unpaired) electrons. The van der Waals surface area contributed by atoms with Gasteiger partial charge in [-0.1, -0.05) is 20.3 Å². The van der Waals surface area contributed by atoms with Crippen molar-refractivity contribution in [3.63, 3.8) is 0 Å². The first-order valence-corrected chi connectivity index (χ1v) is 7.49. The van der Waals surface area contributed by atoms with Gasteiger partial charge in [-0.25, -0.2) is 0 Å². The Balaban J connectivity index is 2.45. The fraction of sp³-hybridized carbons (Fsp3) is 1.00. The van der Waals surface area contributed by atoms with Gasteiger partial charge in [0.1, 0.15) is 0 Å². The zero-order chi connectivity index (χ0) is 13.6. The van der Waals surface area contributed by atoms with Crippen molar-refractivity contribution < 1.29 is 9.84 Å². The van der Waals surface area contributed by atoms with Crippen LogP contribution in [0.2, 0.25) is 0 Å². The smallest absolute Gasteiger partial charge is 0.0623 e. The molecule has 0 spiro atoms. The Morgan fingerprint density at radius 2 is 2.11 bits per heavy atom. The molecule has 2 unspecified atom stereocenters. The van der Waals surface area contributed by atoms with Crippen molar-refractivity contribution in [2.75, 3.05) is 19.8 Å². The summed E-state index contributed by atoms with van der Waals surface area (Å²) < 4.78 is 5.95. The molecule has 1 fully saturated rings. The predicted molar refractivity (Wildman–Crippen MR) is 75.8 cm³/mol. The second-order valence-corrected chi connectivity index (χ2v) is 6.18. The molecule has 0 amide bonds. The number of ether oxygens (including phenoxy) is 1. The molecule has 0 aromatic rings. The van der Waals surface area contributed by atoms with Crippen molar-refractivity contribution in [3.8, 4) is 0 Å². The summed E-state index contributed by atoms with van der Waals surface area (Å²) in [7, 11) is 0. The van der Waals surface area contributed by atoms with Gasteiger partial charge in [0.15, 0.2) is 0 Å². The first kappa shape index (κ1) is 15.9. The highest BCUT2D eigenvalue weighted by Gasteiger charge is 2.41. The number of likely N-dealkylation sites (N-methyl/N-ethyl adjacent to an activating group) is 1. The van der Waals surface area contributed by atoms with E-state index in [-0.39, 0.29) is 17.7 Å². The molecule has 0 heterocycles. The van der Waals surface area contributed by atoms with Gasteiger partial charge in [-0.05, 0) is 52.0 Å². The number of aliphatic hydroxyl groups excluding tert-OH is 1. The van der Waals surface area contributed by atoms with E-state index in [1.165, 1.54) is 12.8 Å². The van der Waals surface area contributed by atoms with E-state index in [0.29, 0.717) is 5.92 Å². The molecule has 0 bridgehead atoms. The Labute approximate surface area is 112 Å². The number of hydrogen-bond acceptors (Lipinski definition) is 3. The topological polar surface area (TPSA) is 41.5 Å². The number of aliphatic hydroxyl groups is 1. The summed E-state index contributed by atoms with van der Waals surface area (Å²) in [5, 5.41) is 13.2. The van der Waals surface area contributed by atoms with E-state index in [1.807, 2.05) is 0 Å². The van der Waals surface area contributed by atoms with Crippen LogP contribution in [0.15, 0.2) is 0 Å². The average molecular weight is 257 g/mol. The fourth-order valence-corrected chi connectivity index (χ4v) is 2.99. The third kappa shape index (κ3) is 3.94. The van der Waals surface area contributed by atoms with Gasteiger partial charge in [0, 0.05) is 12.1 Å². The molecule has 0 aliphatic heterocycles. The van der Waals surface area contributed by atoms with Gasteiger partial charge < -0.3 is 15.2 Å². The van der Waals surface area contributed by atoms with Crippen LogP contribution in [-0.4, -0.2) is 36.0 Å². The summed E-state index contributed by atoms with van der Waals surface area (Å²) in [6, 6.07) is 0. The van der Waals surface area contributed by atoms with Crippen LogP contribution in [-0.2, 0) is 4.74 Å². The molecule has 1 aliphatic carbocycles. The van der Waals surface area contributed by atoms with Crippen LogP contribution in [0.1, 0.15) is 59.8 Å². The van der Waals surface area contributed by atoms with Crippen LogP contribution in [0.4, 0.5) is 0 Å². The Hall–Kier alpha value is -0.120. The summed E-state index contributed by atoms with van der Waals surface area (Å²) >= 11 is 0. The summed E-state index contributed by atoms with van der Waals surface area (Å²) in [5.41, 5.74) is -0.0624. The molecular formula is C15H31NO2. The van der Waals surface area contributed by atoms with E-state index in [2.05, 4.69) is 33.0 Å². The van der Waals surface area contributed by atoms with Gasteiger partial charge in [-0.15, -0.1) is 0 Å². The second kappa shape index (κ2) is 6.88. The minimum atomic E-state index is -0.0472. The summed E-state index contributed by atoms with van der Waals surface area (Å²) in [6.07, 6.45) is 5.62. The Bertz CT molecular complexity index is 243. The summed E-state index contributed by atoms with van der Waals surface area (Å²) in [5.74, 6) is 0.551. The fourth-order valence-electron chi connectivity index (χ4n) is 2.99. The van der Waals surface area contributed by atoms with Crippen LogP contribution in [0.25, 0.3) is 0 Å². The zero-order valence-corrected chi connectivity index (χ0v) is 12.6. The van der Waals surface area contributed by atoms with E-state index in [9.17, 15) is 5.11 Å². The lowest BCUT2D eigenvalue weighted by Gasteiger charge is -2.35. The Kier molecular flexibility index (Phi) is 6.09. The van der Waals surface area contributed by atoms with Gasteiger partial charge in [0.25, 0.3) is 0 Å². The van der Waals surface area contributed by atoms with E-state index < -0.39 is 0 Å². The first-order valence-electron chi connectivity index (χ1n) is 7.49. The number of rotatable bonds is 8. The Morgan fingerprint density at radius 3 is 2.67 bits per heavy atom. The molecule has 0 saturated heterocycles. The largest absolute Gasteiger partial charge is 0.394 e. The maximum Gasteiger partial charge on any atom is 0.0623 e. The van der Waals surface area contributed by atoms with Crippen molar-refractivity contribution >= 4 is 0 Å². The minimum absolute atomic E-state index is 0.0152. The van der Waals surface area contributed by atoms with Crippen LogP contribution in [0.5, 0.6) is 0 Å². The monoisotopic (exact) mass is 257 g/mol. The lowest BCUT2D eigenvalue weighted by molar-refractivity contribution is -0.0310. The van der Waals surface area contributed by atoms with Gasteiger partial charge in [0.05, 0.1) is 12.2 Å². The van der Waals surface area contributed by atoms with E-state index in [4.69, 9.17) is 4.74 Å². The molecular weight excluding hydrogens is 226 g/mol. The standard InChI is InChI=1S/C15H31NO2/c1-5-14(3,4)18-11-9-13-8-7-10-15(13,12-17)16-6-2/h13,16-17H,5-12H2,1-4H3. The molecule has 3 heteroatoms. The molecule has 0 aromatic heterocycles. The lowest BCUT2D eigenvalue weighted by Crippen LogP contribution is -2.51. The molecule has 18 heavy (non-hydrogen) atoms. The summed E-state index contributed by atoms with van der Waals surface area (Å²) in [4.78, 5) is 0. The minimum Gasteiger partial charge on any atom is -0.394 e. The average Bonchev–Trinajstić information content (AvgIpc) is 2.73. The predicted octanol–water partition coefficient (Wildman–Crippen LogP) is 2.72. The van der Waals surface area contributed by atoms with Crippen molar-refractivity contribution in [2.24, 2.45) is 5.92 Å². The molecule has 3 nitrogen and oxygen atoms in total. The van der Waals surface area contributed by atoms with Gasteiger partial charge in [-0.3, -0.25) is 0 Å². The molecule has 2 atom stereocenters. The van der Waals surface area contributed by atoms with Gasteiger partial charge in [0.2, 0.25) is 0 Å². The SMILES string of the molecule is CCNC1(CO)CCCC1CCOC(C)(C)CC. The van der Waals surface area contributed by atoms with Crippen LogP contribution in [0, 0.1) is 5.92 Å². The highest BCUT2D eigenvalue weighted by molar-refractivity contribution is 4.98. The molecule has 1 saturated carbocycles. The van der Waals surface area contributed by atoms with Crippen LogP contribution >= 0.6 is 0 Å². The lowest BCUT2D eigenvalue weighted by atomic mass is 9.85. The third-order valence-electron chi connectivity index (χ3n) is 4.58. The quantitative estimate of drug-likeness (QED) is 0.702. The van der Waals surface area contributed by atoms with Crippen LogP contribution in [0.3, 0.4) is 0 Å².